The standard InChI is InChI=1S/C20H31N3/c1-3-14-22(2)15-7-13-21-20-11-17-23(18-12-20)16-10-19-8-5-4-6-9-19/h1,4-6,8-9,20-21H,7,10-18H2,2H3. The molecule has 1 aliphatic rings. The van der Waals surface area contributed by atoms with E-state index in [1.807, 2.05) is 0 Å². The monoisotopic (exact) mass is 313 g/mol. The van der Waals surface area contributed by atoms with Gasteiger partial charge in [-0.3, -0.25) is 4.90 Å². The third kappa shape index (κ3) is 7.18. The summed E-state index contributed by atoms with van der Waals surface area (Å²) in [5, 5.41) is 3.71. The molecule has 3 heteroatoms. The van der Waals surface area contributed by atoms with E-state index in [-0.39, 0.29) is 0 Å². The van der Waals surface area contributed by atoms with Gasteiger partial charge in [0.2, 0.25) is 0 Å². The van der Waals surface area contributed by atoms with Crippen LogP contribution in [0.4, 0.5) is 0 Å². The third-order valence-electron chi connectivity index (χ3n) is 4.66. The number of terminal acetylenes is 1. The van der Waals surface area contributed by atoms with Gasteiger partial charge >= 0.3 is 0 Å². The Morgan fingerprint density at radius 2 is 2.00 bits per heavy atom. The summed E-state index contributed by atoms with van der Waals surface area (Å²) in [5.41, 5.74) is 1.45. The first-order valence-electron chi connectivity index (χ1n) is 8.89. The van der Waals surface area contributed by atoms with Gasteiger partial charge in [0.1, 0.15) is 0 Å². The molecule has 1 aromatic carbocycles. The number of rotatable bonds is 9. The fourth-order valence-electron chi connectivity index (χ4n) is 3.18. The lowest BCUT2D eigenvalue weighted by Gasteiger charge is -2.32. The van der Waals surface area contributed by atoms with E-state index in [0.29, 0.717) is 6.04 Å². The molecule has 0 spiro atoms. The average molecular weight is 313 g/mol. The van der Waals surface area contributed by atoms with E-state index in [4.69, 9.17) is 6.42 Å². The molecule has 0 amide bonds. The Balaban J connectivity index is 1.53. The zero-order valence-electron chi connectivity index (χ0n) is 14.5. The largest absolute Gasteiger partial charge is 0.314 e. The van der Waals surface area contributed by atoms with Gasteiger partial charge in [-0.05, 0) is 64.5 Å². The van der Waals surface area contributed by atoms with Crippen molar-refractivity contribution in [3.8, 4) is 12.3 Å². The first-order chi connectivity index (χ1) is 11.3. The van der Waals surface area contributed by atoms with Gasteiger partial charge in [-0.1, -0.05) is 36.3 Å². The fourth-order valence-corrected chi connectivity index (χ4v) is 3.18. The summed E-state index contributed by atoms with van der Waals surface area (Å²) in [6.45, 7) is 6.56. The predicted molar refractivity (Wildman–Crippen MR) is 98.6 cm³/mol. The van der Waals surface area contributed by atoms with Crippen LogP contribution in [-0.2, 0) is 6.42 Å². The second kappa shape index (κ2) is 10.4. The van der Waals surface area contributed by atoms with Gasteiger partial charge in [0.05, 0.1) is 6.54 Å². The van der Waals surface area contributed by atoms with Crippen molar-refractivity contribution < 1.29 is 0 Å². The molecule has 0 aliphatic carbocycles. The molecule has 2 rings (SSSR count). The van der Waals surface area contributed by atoms with Crippen LogP contribution in [0.2, 0.25) is 0 Å². The Morgan fingerprint density at radius 1 is 1.26 bits per heavy atom. The van der Waals surface area contributed by atoms with E-state index < -0.39 is 0 Å². The lowest BCUT2D eigenvalue weighted by Crippen LogP contribution is -2.43. The molecule has 1 heterocycles. The summed E-state index contributed by atoms with van der Waals surface area (Å²) >= 11 is 0. The molecule has 1 aliphatic heterocycles. The molecule has 1 saturated heterocycles. The maximum Gasteiger partial charge on any atom is 0.0596 e. The Bertz CT molecular complexity index is 458. The first-order valence-corrected chi connectivity index (χ1v) is 8.89. The summed E-state index contributed by atoms with van der Waals surface area (Å²) in [6.07, 6.45) is 10.2. The Hall–Kier alpha value is -1.34. The first kappa shape index (κ1) is 18.0. The molecule has 3 nitrogen and oxygen atoms in total. The van der Waals surface area contributed by atoms with Gasteiger partial charge in [0, 0.05) is 12.6 Å². The summed E-state index contributed by atoms with van der Waals surface area (Å²) < 4.78 is 0. The highest BCUT2D eigenvalue weighted by molar-refractivity contribution is 5.14. The van der Waals surface area contributed by atoms with E-state index in [0.717, 1.165) is 19.6 Å². The average Bonchev–Trinajstić information content (AvgIpc) is 2.59. The molecular formula is C20H31N3. The van der Waals surface area contributed by atoms with E-state index in [9.17, 15) is 0 Å². The minimum atomic E-state index is 0.695. The van der Waals surface area contributed by atoms with Crippen LogP contribution in [0.1, 0.15) is 24.8 Å². The fraction of sp³-hybridized carbons (Fsp3) is 0.600. The van der Waals surface area contributed by atoms with Gasteiger partial charge in [0.25, 0.3) is 0 Å². The molecule has 1 N–H and O–H groups in total. The number of piperidine rings is 1. The van der Waals surface area contributed by atoms with Crippen LogP contribution in [0, 0.1) is 12.3 Å². The minimum Gasteiger partial charge on any atom is -0.314 e. The second-order valence-corrected chi connectivity index (χ2v) is 6.60. The molecule has 23 heavy (non-hydrogen) atoms. The molecular weight excluding hydrogens is 282 g/mol. The van der Waals surface area contributed by atoms with Gasteiger partial charge in [-0.2, -0.15) is 0 Å². The number of nitrogens with zero attached hydrogens (tertiary/aromatic N) is 2. The third-order valence-corrected chi connectivity index (χ3v) is 4.66. The van der Waals surface area contributed by atoms with Crippen LogP contribution in [0.25, 0.3) is 0 Å². The van der Waals surface area contributed by atoms with Crippen molar-refractivity contribution >= 4 is 0 Å². The molecule has 0 atom stereocenters. The van der Waals surface area contributed by atoms with E-state index in [2.05, 4.69) is 58.4 Å². The van der Waals surface area contributed by atoms with Crippen LogP contribution in [-0.4, -0.2) is 62.2 Å². The van der Waals surface area contributed by atoms with Crippen molar-refractivity contribution in [2.24, 2.45) is 0 Å². The van der Waals surface area contributed by atoms with Crippen LogP contribution >= 0.6 is 0 Å². The van der Waals surface area contributed by atoms with E-state index in [1.54, 1.807) is 0 Å². The van der Waals surface area contributed by atoms with Crippen molar-refractivity contribution in [1.82, 2.24) is 15.1 Å². The van der Waals surface area contributed by atoms with Gasteiger partial charge < -0.3 is 10.2 Å². The zero-order chi connectivity index (χ0) is 16.3. The van der Waals surface area contributed by atoms with Crippen molar-refractivity contribution in [3.63, 3.8) is 0 Å². The predicted octanol–water partition coefficient (Wildman–Crippen LogP) is 2.24. The topological polar surface area (TPSA) is 18.5 Å². The van der Waals surface area contributed by atoms with Crippen molar-refractivity contribution in [2.75, 3.05) is 46.3 Å². The quantitative estimate of drug-likeness (QED) is 0.557. The molecule has 126 valence electrons. The molecule has 0 radical (unpaired) electrons. The lowest BCUT2D eigenvalue weighted by atomic mass is 10.0. The Labute approximate surface area is 142 Å². The normalized spacial score (nSPS) is 16.6. The molecule has 1 fully saturated rings. The molecule has 1 aromatic rings. The Kier molecular flexibility index (Phi) is 8.17. The minimum absolute atomic E-state index is 0.695. The Morgan fingerprint density at radius 3 is 2.70 bits per heavy atom. The molecule has 0 aromatic heterocycles. The van der Waals surface area contributed by atoms with Gasteiger partial charge in [-0.15, -0.1) is 6.42 Å². The number of hydrogen-bond donors (Lipinski definition) is 1. The summed E-state index contributed by atoms with van der Waals surface area (Å²) in [5.74, 6) is 2.69. The summed E-state index contributed by atoms with van der Waals surface area (Å²) in [7, 11) is 2.09. The smallest absolute Gasteiger partial charge is 0.0596 e. The van der Waals surface area contributed by atoms with Crippen molar-refractivity contribution in [3.05, 3.63) is 35.9 Å². The highest BCUT2D eigenvalue weighted by Crippen LogP contribution is 2.11. The molecule has 0 saturated carbocycles. The van der Waals surface area contributed by atoms with Crippen LogP contribution < -0.4 is 5.32 Å². The second-order valence-electron chi connectivity index (χ2n) is 6.60. The number of hydrogen-bond acceptors (Lipinski definition) is 3. The van der Waals surface area contributed by atoms with E-state index in [1.165, 1.54) is 50.9 Å². The highest BCUT2D eigenvalue weighted by atomic mass is 15.1. The van der Waals surface area contributed by atoms with Gasteiger partial charge in [-0.25, -0.2) is 0 Å². The van der Waals surface area contributed by atoms with Crippen molar-refractivity contribution in [2.45, 2.75) is 31.7 Å². The summed E-state index contributed by atoms with van der Waals surface area (Å²) in [4.78, 5) is 4.81. The van der Waals surface area contributed by atoms with Crippen LogP contribution in [0.15, 0.2) is 30.3 Å². The zero-order valence-corrected chi connectivity index (χ0v) is 14.5. The SMILES string of the molecule is C#CCN(C)CCCNC1CCN(CCc2ccccc2)CC1. The van der Waals surface area contributed by atoms with Crippen LogP contribution in [0.3, 0.4) is 0 Å². The van der Waals surface area contributed by atoms with Gasteiger partial charge in [0.15, 0.2) is 0 Å². The van der Waals surface area contributed by atoms with Crippen LogP contribution in [0.5, 0.6) is 0 Å². The number of likely N-dealkylation sites (tertiary alicyclic amines) is 1. The van der Waals surface area contributed by atoms with E-state index >= 15 is 0 Å². The van der Waals surface area contributed by atoms with Crippen molar-refractivity contribution in [1.29, 1.82) is 0 Å². The summed E-state index contributed by atoms with van der Waals surface area (Å²) in [6, 6.07) is 11.5. The molecule has 0 bridgehead atoms. The maximum absolute atomic E-state index is 5.31. The highest BCUT2D eigenvalue weighted by Gasteiger charge is 2.18. The number of nitrogens with one attached hydrogen (secondary N) is 1. The number of benzene rings is 1. The molecule has 0 unspecified atom stereocenters. The lowest BCUT2D eigenvalue weighted by molar-refractivity contribution is 0.199. The maximum atomic E-state index is 5.31.